The normalized spacial score (nSPS) is 12.3. The molecule has 1 rings (SSSR count). The number of nitro groups is 1. The zero-order valence-electron chi connectivity index (χ0n) is 11.7. The Bertz CT molecular complexity index is 446. The molecule has 1 aromatic carbocycles. The Labute approximate surface area is 112 Å². The van der Waals surface area contributed by atoms with Gasteiger partial charge in [-0.1, -0.05) is 6.07 Å². The third kappa shape index (κ3) is 4.10. The van der Waals surface area contributed by atoms with E-state index < -0.39 is 11.0 Å². The van der Waals surface area contributed by atoms with Crippen LogP contribution in [0.3, 0.4) is 0 Å². The zero-order chi connectivity index (χ0) is 14.6. The summed E-state index contributed by atoms with van der Waals surface area (Å²) in [6.07, 6.45) is -0.713. The van der Waals surface area contributed by atoms with Crippen molar-refractivity contribution < 1.29 is 14.8 Å². The Balaban J connectivity index is 3.20. The molecule has 0 aliphatic carbocycles. The molecule has 1 aromatic rings. The van der Waals surface area contributed by atoms with Gasteiger partial charge in [-0.05, 0) is 32.9 Å². The summed E-state index contributed by atoms with van der Waals surface area (Å²) in [5.41, 5.74) is 0.364. The summed E-state index contributed by atoms with van der Waals surface area (Å²) in [5.74, 6) is 0.245. The summed E-state index contributed by atoms with van der Waals surface area (Å²) < 4.78 is 5.47. The summed E-state index contributed by atoms with van der Waals surface area (Å²) in [7, 11) is 1.70. The van der Waals surface area contributed by atoms with E-state index in [1.807, 2.05) is 13.8 Å². The molecule has 0 bridgehead atoms. The lowest BCUT2D eigenvalue weighted by molar-refractivity contribution is -0.385. The van der Waals surface area contributed by atoms with E-state index in [1.54, 1.807) is 37.1 Å². The summed E-state index contributed by atoms with van der Waals surface area (Å²) in [4.78, 5) is 12.4. The van der Waals surface area contributed by atoms with Crippen molar-refractivity contribution in [2.75, 3.05) is 18.5 Å². The number of hydrogen-bond donors (Lipinski definition) is 1. The van der Waals surface area contributed by atoms with Crippen LogP contribution in [0.4, 0.5) is 11.4 Å². The molecule has 0 heterocycles. The topological polar surface area (TPSA) is 75.8 Å². The fraction of sp³-hybridized carbons (Fsp3) is 0.538. The highest BCUT2D eigenvalue weighted by Crippen LogP contribution is 2.37. The van der Waals surface area contributed by atoms with Crippen molar-refractivity contribution in [1.82, 2.24) is 0 Å². The quantitative estimate of drug-likeness (QED) is 0.632. The van der Waals surface area contributed by atoms with Gasteiger partial charge in [-0.2, -0.15) is 0 Å². The van der Waals surface area contributed by atoms with Crippen LogP contribution in [0.5, 0.6) is 5.75 Å². The Morgan fingerprint density at radius 2 is 2.05 bits per heavy atom. The molecular weight excluding hydrogens is 248 g/mol. The van der Waals surface area contributed by atoms with Crippen LogP contribution in [-0.2, 0) is 0 Å². The lowest BCUT2D eigenvalue weighted by Crippen LogP contribution is -2.27. The van der Waals surface area contributed by atoms with Crippen LogP contribution < -0.4 is 9.64 Å². The van der Waals surface area contributed by atoms with Crippen LogP contribution in [-0.4, -0.2) is 35.8 Å². The first kappa shape index (κ1) is 15.2. The van der Waals surface area contributed by atoms with Gasteiger partial charge in [0.15, 0.2) is 5.75 Å². The van der Waals surface area contributed by atoms with Gasteiger partial charge in [-0.25, -0.2) is 0 Å². The Kier molecular flexibility index (Phi) is 5.11. The molecule has 6 nitrogen and oxygen atoms in total. The number of para-hydroxylation sites is 1. The maximum absolute atomic E-state index is 11.3. The molecule has 0 radical (unpaired) electrons. The smallest absolute Gasteiger partial charge is 0.333 e. The Morgan fingerprint density at radius 3 is 2.53 bits per heavy atom. The molecular formula is C13H20N2O4. The molecule has 0 aliphatic heterocycles. The second kappa shape index (κ2) is 6.38. The number of hydrogen-bond acceptors (Lipinski definition) is 5. The summed E-state index contributed by atoms with van der Waals surface area (Å²) in [6.45, 7) is 5.58. The van der Waals surface area contributed by atoms with E-state index in [-0.39, 0.29) is 17.5 Å². The molecule has 1 N–H and O–H groups in total. The minimum absolute atomic E-state index is 0.0700. The number of likely N-dealkylation sites (N-methyl/N-ethyl adjacent to an activating group) is 1. The predicted molar refractivity (Wildman–Crippen MR) is 73.8 cm³/mol. The van der Waals surface area contributed by atoms with Gasteiger partial charge in [0.05, 0.1) is 17.1 Å². The second-order valence-corrected chi connectivity index (χ2v) is 4.78. The van der Waals surface area contributed by atoms with Crippen LogP contribution in [0, 0.1) is 10.1 Å². The average molecular weight is 268 g/mol. The standard InChI is InChI=1S/C13H20N2O4/c1-9(2)19-12-7-5-6-11(13(12)15(17)18)14(4)8-10(3)16/h5-7,9-10,16H,8H2,1-4H3. The third-order valence-corrected chi connectivity index (χ3v) is 2.47. The first-order valence-electron chi connectivity index (χ1n) is 6.16. The lowest BCUT2D eigenvalue weighted by atomic mass is 10.2. The molecule has 0 aliphatic rings. The lowest BCUT2D eigenvalue weighted by Gasteiger charge is -2.22. The molecule has 0 saturated carbocycles. The van der Waals surface area contributed by atoms with Crippen molar-refractivity contribution >= 4 is 11.4 Å². The summed E-state index contributed by atoms with van der Waals surface area (Å²) in [5, 5.41) is 20.6. The Morgan fingerprint density at radius 1 is 1.42 bits per heavy atom. The molecule has 0 saturated heterocycles. The molecule has 106 valence electrons. The van der Waals surface area contributed by atoms with Crippen LogP contribution in [0.2, 0.25) is 0 Å². The average Bonchev–Trinajstić information content (AvgIpc) is 2.26. The van der Waals surface area contributed by atoms with Crippen molar-refractivity contribution in [3.63, 3.8) is 0 Å². The molecule has 0 amide bonds. The number of rotatable bonds is 6. The van der Waals surface area contributed by atoms with Gasteiger partial charge in [0, 0.05) is 13.6 Å². The number of aliphatic hydroxyl groups excluding tert-OH is 1. The monoisotopic (exact) mass is 268 g/mol. The summed E-state index contributed by atoms with van der Waals surface area (Å²) >= 11 is 0. The highest BCUT2D eigenvalue weighted by atomic mass is 16.6. The fourth-order valence-corrected chi connectivity index (χ4v) is 1.85. The van der Waals surface area contributed by atoms with Crippen LogP contribution in [0.15, 0.2) is 18.2 Å². The highest BCUT2D eigenvalue weighted by molar-refractivity contribution is 5.69. The maximum Gasteiger partial charge on any atom is 0.333 e. The number of nitro benzene ring substituents is 1. The van der Waals surface area contributed by atoms with Crippen LogP contribution in [0.25, 0.3) is 0 Å². The SMILES string of the molecule is CC(O)CN(C)c1cccc(OC(C)C)c1[N+](=O)[O-]. The number of aliphatic hydroxyl groups is 1. The molecule has 0 fully saturated rings. The number of ether oxygens (including phenoxy) is 1. The number of anilines is 1. The predicted octanol–water partition coefficient (Wildman–Crippen LogP) is 2.20. The summed E-state index contributed by atoms with van der Waals surface area (Å²) in [6, 6.07) is 4.93. The van der Waals surface area contributed by atoms with Gasteiger partial charge in [-0.15, -0.1) is 0 Å². The van der Waals surface area contributed by atoms with E-state index in [2.05, 4.69) is 0 Å². The largest absolute Gasteiger partial charge is 0.484 e. The minimum Gasteiger partial charge on any atom is -0.484 e. The van der Waals surface area contributed by atoms with E-state index in [0.717, 1.165) is 0 Å². The van der Waals surface area contributed by atoms with E-state index in [1.165, 1.54) is 0 Å². The Hall–Kier alpha value is -1.82. The van der Waals surface area contributed by atoms with Gasteiger partial charge in [0.25, 0.3) is 0 Å². The molecule has 19 heavy (non-hydrogen) atoms. The van der Waals surface area contributed by atoms with Crippen molar-refractivity contribution in [3.8, 4) is 5.75 Å². The molecule has 1 unspecified atom stereocenters. The molecule has 1 atom stereocenters. The second-order valence-electron chi connectivity index (χ2n) is 4.78. The molecule has 0 aromatic heterocycles. The first-order valence-corrected chi connectivity index (χ1v) is 6.16. The van der Waals surface area contributed by atoms with Crippen molar-refractivity contribution in [3.05, 3.63) is 28.3 Å². The van der Waals surface area contributed by atoms with Crippen molar-refractivity contribution in [2.24, 2.45) is 0 Å². The van der Waals surface area contributed by atoms with Gasteiger partial charge in [0.2, 0.25) is 0 Å². The zero-order valence-corrected chi connectivity index (χ0v) is 11.7. The molecule has 6 heteroatoms. The van der Waals surface area contributed by atoms with E-state index in [0.29, 0.717) is 12.2 Å². The minimum atomic E-state index is -0.570. The van der Waals surface area contributed by atoms with Gasteiger partial charge in [0.1, 0.15) is 5.69 Å². The fourth-order valence-electron chi connectivity index (χ4n) is 1.85. The van der Waals surface area contributed by atoms with Crippen LogP contribution in [0.1, 0.15) is 20.8 Å². The van der Waals surface area contributed by atoms with Crippen LogP contribution >= 0.6 is 0 Å². The first-order chi connectivity index (χ1) is 8.82. The highest BCUT2D eigenvalue weighted by Gasteiger charge is 2.24. The number of nitrogens with zero attached hydrogens (tertiary/aromatic N) is 2. The van der Waals surface area contributed by atoms with E-state index in [4.69, 9.17) is 4.74 Å². The third-order valence-electron chi connectivity index (χ3n) is 2.47. The van der Waals surface area contributed by atoms with E-state index >= 15 is 0 Å². The maximum atomic E-state index is 11.3. The molecule has 0 spiro atoms. The van der Waals surface area contributed by atoms with Gasteiger partial charge >= 0.3 is 5.69 Å². The van der Waals surface area contributed by atoms with E-state index in [9.17, 15) is 15.2 Å². The van der Waals surface area contributed by atoms with Gasteiger partial charge in [-0.3, -0.25) is 10.1 Å². The van der Waals surface area contributed by atoms with Crippen molar-refractivity contribution in [1.29, 1.82) is 0 Å². The number of benzene rings is 1. The van der Waals surface area contributed by atoms with Gasteiger partial charge < -0.3 is 14.7 Å². The van der Waals surface area contributed by atoms with Crippen molar-refractivity contribution in [2.45, 2.75) is 33.0 Å².